The highest BCUT2D eigenvalue weighted by atomic mass is 35.5. The standard InChI is InChI=1S/C15H14ClNO2S/c16-12-7-4-8-13(9-12)20-10-15(17,14(18)19)11-5-2-1-3-6-11/h1-9H,10,17H2,(H,18,19). The van der Waals surface area contributed by atoms with Gasteiger partial charge in [0.2, 0.25) is 0 Å². The van der Waals surface area contributed by atoms with Crippen molar-refractivity contribution in [1.82, 2.24) is 0 Å². The Labute approximate surface area is 126 Å². The summed E-state index contributed by atoms with van der Waals surface area (Å²) in [4.78, 5) is 12.4. The first kappa shape index (κ1) is 14.9. The van der Waals surface area contributed by atoms with Crippen LogP contribution in [0.2, 0.25) is 5.02 Å². The van der Waals surface area contributed by atoms with E-state index < -0.39 is 11.5 Å². The normalized spacial score (nSPS) is 13.7. The first-order valence-corrected chi connectivity index (χ1v) is 7.35. The highest BCUT2D eigenvalue weighted by molar-refractivity contribution is 7.99. The number of nitrogens with two attached hydrogens (primary N) is 1. The molecule has 0 heterocycles. The van der Waals surface area contributed by atoms with Crippen LogP contribution in [0.4, 0.5) is 0 Å². The van der Waals surface area contributed by atoms with Gasteiger partial charge >= 0.3 is 5.97 Å². The molecule has 0 fully saturated rings. The van der Waals surface area contributed by atoms with E-state index in [-0.39, 0.29) is 5.75 Å². The van der Waals surface area contributed by atoms with Gasteiger partial charge in [0.05, 0.1) is 0 Å². The minimum atomic E-state index is -1.42. The van der Waals surface area contributed by atoms with E-state index >= 15 is 0 Å². The van der Waals surface area contributed by atoms with Gasteiger partial charge in [0.1, 0.15) is 5.54 Å². The minimum absolute atomic E-state index is 0.229. The van der Waals surface area contributed by atoms with Crippen LogP contribution in [-0.4, -0.2) is 16.8 Å². The number of halogens is 1. The first-order valence-electron chi connectivity index (χ1n) is 5.98. The van der Waals surface area contributed by atoms with E-state index in [1.165, 1.54) is 11.8 Å². The van der Waals surface area contributed by atoms with Crippen molar-refractivity contribution in [2.24, 2.45) is 5.73 Å². The number of benzene rings is 2. The monoisotopic (exact) mass is 307 g/mol. The van der Waals surface area contributed by atoms with E-state index in [4.69, 9.17) is 17.3 Å². The summed E-state index contributed by atoms with van der Waals surface area (Å²) < 4.78 is 0. The van der Waals surface area contributed by atoms with Crippen LogP contribution in [-0.2, 0) is 10.3 Å². The second-order valence-corrected chi connectivity index (χ2v) is 5.87. The van der Waals surface area contributed by atoms with Crippen LogP contribution in [0.15, 0.2) is 59.5 Å². The van der Waals surface area contributed by atoms with E-state index in [1.807, 2.05) is 18.2 Å². The van der Waals surface area contributed by atoms with Crippen LogP contribution < -0.4 is 5.73 Å². The zero-order valence-corrected chi connectivity index (χ0v) is 12.2. The Morgan fingerprint density at radius 2 is 1.90 bits per heavy atom. The summed E-state index contributed by atoms with van der Waals surface area (Å²) in [6, 6.07) is 16.1. The lowest BCUT2D eigenvalue weighted by atomic mass is 9.93. The third-order valence-corrected chi connectivity index (χ3v) is 4.36. The molecule has 0 spiro atoms. The number of carboxylic acid groups (broad SMARTS) is 1. The molecule has 2 aromatic carbocycles. The van der Waals surface area contributed by atoms with Gasteiger partial charge in [0, 0.05) is 15.7 Å². The van der Waals surface area contributed by atoms with Gasteiger partial charge in [-0.15, -0.1) is 11.8 Å². The molecule has 0 radical (unpaired) electrons. The van der Waals surface area contributed by atoms with Crippen molar-refractivity contribution in [2.75, 3.05) is 5.75 Å². The molecule has 2 rings (SSSR count). The minimum Gasteiger partial charge on any atom is -0.480 e. The van der Waals surface area contributed by atoms with Gasteiger partial charge in [-0.25, -0.2) is 4.79 Å². The molecule has 5 heteroatoms. The predicted octanol–water partition coefficient (Wildman–Crippen LogP) is 3.37. The number of carboxylic acids is 1. The van der Waals surface area contributed by atoms with Crippen LogP contribution >= 0.6 is 23.4 Å². The van der Waals surface area contributed by atoms with Gasteiger partial charge in [-0.1, -0.05) is 48.0 Å². The molecule has 0 bridgehead atoms. The van der Waals surface area contributed by atoms with Crippen molar-refractivity contribution in [2.45, 2.75) is 10.4 Å². The third kappa shape index (κ3) is 3.33. The second-order valence-electron chi connectivity index (χ2n) is 4.39. The number of carbonyl (C=O) groups is 1. The van der Waals surface area contributed by atoms with Crippen LogP contribution in [0.1, 0.15) is 5.56 Å². The lowest BCUT2D eigenvalue weighted by molar-refractivity contribution is -0.142. The van der Waals surface area contributed by atoms with Gasteiger partial charge in [-0.05, 0) is 23.8 Å². The van der Waals surface area contributed by atoms with E-state index in [2.05, 4.69) is 0 Å². The maximum atomic E-state index is 11.5. The summed E-state index contributed by atoms with van der Waals surface area (Å²) in [7, 11) is 0. The summed E-state index contributed by atoms with van der Waals surface area (Å²) in [6.07, 6.45) is 0. The molecule has 1 unspecified atom stereocenters. The Kier molecular flexibility index (Phi) is 4.70. The molecule has 0 aromatic heterocycles. The molecule has 0 amide bonds. The van der Waals surface area contributed by atoms with Gasteiger partial charge in [-0.3, -0.25) is 0 Å². The molecule has 0 aliphatic heterocycles. The molecule has 3 N–H and O–H groups in total. The van der Waals surface area contributed by atoms with Crippen molar-refractivity contribution < 1.29 is 9.90 Å². The number of thioether (sulfide) groups is 1. The summed E-state index contributed by atoms with van der Waals surface area (Å²) >= 11 is 7.29. The fraction of sp³-hybridized carbons (Fsp3) is 0.133. The van der Waals surface area contributed by atoms with E-state index in [0.717, 1.165) is 4.90 Å². The smallest absolute Gasteiger partial charge is 0.329 e. The predicted molar refractivity (Wildman–Crippen MR) is 82.1 cm³/mol. The Hall–Kier alpha value is -1.49. The highest BCUT2D eigenvalue weighted by Crippen LogP contribution is 2.29. The van der Waals surface area contributed by atoms with Crippen molar-refractivity contribution >= 4 is 29.3 Å². The van der Waals surface area contributed by atoms with Crippen molar-refractivity contribution in [1.29, 1.82) is 0 Å². The Balaban J connectivity index is 2.20. The second kappa shape index (κ2) is 6.31. The molecule has 0 aliphatic carbocycles. The molecular weight excluding hydrogens is 294 g/mol. The van der Waals surface area contributed by atoms with E-state index in [1.54, 1.807) is 36.4 Å². The fourth-order valence-electron chi connectivity index (χ4n) is 1.76. The Morgan fingerprint density at radius 3 is 2.50 bits per heavy atom. The topological polar surface area (TPSA) is 63.3 Å². The zero-order valence-electron chi connectivity index (χ0n) is 10.6. The van der Waals surface area contributed by atoms with Gasteiger partial charge in [0.25, 0.3) is 0 Å². The van der Waals surface area contributed by atoms with Crippen LogP contribution in [0.25, 0.3) is 0 Å². The summed E-state index contributed by atoms with van der Waals surface area (Å²) in [5.41, 5.74) is 5.26. The van der Waals surface area contributed by atoms with E-state index in [9.17, 15) is 9.90 Å². The maximum Gasteiger partial charge on any atom is 0.329 e. The van der Waals surface area contributed by atoms with Gasteiger partial charge in [0.15, 0.2) is 0 Å². The van der Waals surface area contributed by atoms with Crippen molar-refractivity contribution in [3.05, 3.63) is 65.2 Å². The molecule has 1 atom stereocenters. The largest absolute Gasteiger partial charge is 0.480 e. The molecule has 0 aliphatic rings. The maximum absolute atomic E-state index is 11.5. The molecule has 104 valence electrons. The van der Waals surface area contributed by atoms with Gasteiger partial charge in [-0.2, -0.15) is 0 Å². The summed E-state index contributed by atoms with van der Waals surface area (Å²) in [5, 5.41) is 10.1. The summed E-state index contributed by atoms with van der Waals surface area (Å²) in [6.45, 7) is 0. The Morgan fingerprint density at radius 1 is 1.20 bits per heavy atom. The average molecular weight is 308 g/mol. The molecule has 0 saturated heterocycles. The molecule has 2 aromatic rings. The lowest BCUT2D eigenvalue weighted by Crippen LogP contribution is -2.47. The number of hydrogen-bond donors (Lipinski definition) is 2. The quantitative estimate of drug-likeness (QED) is 0.831. The number of hydrogen-bond acceptors (Lipinski definition) is 3. The Bertz CT molecular complexity index is 606. The molecule has 20 heavy (non-hydrogen) atoms. The molecule has 3 nitrogen and oxygen atoms in total. The van der Waals surface area contributed by atoms with Crippen molar-refractivity contribution in [3.63, 3.8) is 0 Å². The third-order valence-electron chi connectivity index (χ3n) is 2.93. The fourth-order valence-corrected chi connectivity index (χ4v) is 3.08. The van der Waals surface area contributed by atoms with Crippen LogP contribution in [0, 0.1) is 0 Å². The van der Waals surface area contributed by atoms with Gasteiger partial charge < -0.3 is 10.8 Å². The first-order chi connectivity index (χ1) is 9.52. The average Bonchev–Trinajstić information content (AvgIpc) is 2.45. The van der Waals surface area contributed by atoms with E-state index in [0.29, 0.717) is 10.6 Å². The zero-order chi connectivity index (χ0) is 14.6. The summed E-state index contributed by atoms with van der Waals surface area (Å²) in [5.74, 6) is -0.814. The number of rotatable bonds is 5. The highest BCUT2D eigenvalue weighted by Gasteiger charge is 2.36. The number of aliphatic carboxylic acids is 1. The van der Waals surface area contributed by atoms with Crippen LogP contribution in [0.5, 0.6) is 0 Å². The molecule has 0 saturated carbocycles. The van der Waals surface area contributed by atoms with Crippen LogP contribution in [0.3, 0.4) is 0 Å². The molecular formula is C15H14ClNO2S. The SMILES string of the molecule is NC(CSc1cccc(Cl)c1)(C(=O)O)c1ccccc1. The van der Waals surface area contributed by atoms with Crippen molar-refractivity contribution in [3.8, 4) is 0 Å². The lowest BCUT2D eigenvalue weighted by Gasteiger charge is -2.24.